The van der Waals surface area contributed by atoms with E-state index < -0.39 is 0 Å². The number of nitrogens with zero attached hydrogens (tertiary/aromatic N) is 1. The quantitative estimate of drug-likeness (QED) is 0.488. The Labute approximate surface area is 74.1 Å². The van der Waals surface area contributed by atoms with Crippen molar-refractivity contribution >= 4 is 28.8 Å². The molecule has 60 valence electrons. The average Bonchev–Trinajstić information content (AvgIpc) is 2.28. The third-order valence-electron chi connectivity index (χ3n) is 1.72. The molecule has 1 aromatic rings. The maximum Gasteiger partial charge on any atom is 0.255 e. The lowest BCUT2D eigenvalue weighted by Gasteiger charge is -1.95. The van der Waals surface area contributed by atoms with Gasteiger partial charge in [0.05, 0.1) is 5.69 Å². The number of carbonyl (C=O) groups excluding carboxylic acids is 1. The molecule has 0 saturated carbocycles. The number of fused-ring (bicyclic) bond motifs is 1. The van der Waals surface area contributed by atoms with E-state index in [-0.39, 0.29) is 5.91 Å². The van der Waals surface area contributed by atoms with Gasteiger partial charge in [-0.05, 0) is 6.07 Å². The molecule has 0 radical (unpaired) electrons. The van der Waals surface area contributed by atoms with Gasteiger partial charge in [-0.1, -0.05) is 18.2 Å². The van der Waals surface area contributed by atoms with Gasteiger partial charge in [0.25, 0.3) is 5.91 Å². The number of carbonyl (C=O) groups is 1. The molecule has 3 nitrogen and oxygen atoms in total. The Balaban J connectivity index is 2.62. The summed E-state index contributed by atoms with van der Waals surface area (Å²) in [7, 11) is 0. The maximum absolute atomic E-state index is 11.1. The molecule has 0 aliphatic carbocycles. The first-order chi connectivity index (χ1) is 5.68. The third kappa shape index (κ3) is 0.905. The van der Waals surface area contributed by atoms with E-state index in [0.29, 0.717) is 16.4 Å². The van der Waals surface area contributed by atoms with Crippen molar-refractivity contribution in [2.24, 2.45) is 0 Å². The topological polar surface area (TPSA) is 42.0 Å². The van der Waals surface area contributed by atoms with E-state index in [0.717, 1.165) is 5.56 Å². The van der Waals surface area contributed by atoms with Crippen LogP contribution in [0.4, 0.5) is 5.69 Å². The Bertz CT molecular complexity index is 387. The summed E-state index contributed by atoms with van der Waals surface area (Å²) in [5.41, 5.74) is 1.85. The fraction of sp³-hybridized carbons (Fsp3) is 0. The van der Waals surface area contributed by atoms with E-state index in [1.165, 1.54) is 6.20 Å². The van der Waals surface area contributed by atoms with Crippen LogP contribution < -0.4 is 5.32 Å². The van der Waals surface area contributed by atoms with Gasteiger partial charge in [0.15, 0.2) is 0 Å². The number of aromatic nitrogens is 1. The number of anilines is 1. The maximum atomic E-state index is 11.1. The minimum absolute atomic E-state index is 0.186. The van der Waals surface area contributed by atoms with Gasteiger partial charge in [-0.15, -0.1) is 0 Å². The van der Waals surface area contributed by atoms with Crippen molar-refractivity contribution in [1.29, 1.82) is 0 Å². The van der Waals surface area contributed by atoms with Crippen LogP contribution in [-0.2, 0) is 4.79 Å². The SMILES string of the molecule is C=C1C(=O)Nc2cc(Cl)ncc21. The predicted molar refractivity (Wildman–Crippen MR) is 46.9 cm³/mol. The van der Waals surface area contributed by atoms with E-state index in [4.69, 9.17) is 11.6 Å². The van der Waals surface area contributed by atoms with Gasteiger partial charge in [0.2, 0.25) is 0 Å². The molecule has 0 fully saturated rings. The minimum atomic E-state index is -0.186. The van der Waals surface area contributed by atoms with E-state index in [9.17, 15) is 4.79 Å². The smallest absolute Gasteiger partial charge is 0.255 e. The van der Waals surface area contributed by atoms with E-state index in [1.54, 1.807) is 6.07 Å². The van der Waals surface area contributed by atoms with Crippen LogP contribution in [-0.4, -0.2) is 10.9 Å². The molecule has 0 aromatic carbocycles. The average molecular weight is 181 g/mol. The first-order valence-electron chi connectivity index (χ1n) is 3.34. The lowest BCUT2D eigenvalue weighted by atomic mass is 10.1. The van der Waals surface area contributed by atoms with Crippen molar-refractivity contribution in [3.8, 4) is 0 Å². The molecule has 1 aromatic heterocycles. The zero-order valence-corrected chi connectivity index (χ0v) is 6.85. The van der Waals surface area contributed by atoms with Crippen molar-refractivity contribution in [3.05, 3.63) is 29.6 Å². The monoisotopic (exact) mass is 180 g/mol. The second-order valence-corrected chi connectivity index (χ2v) is 2.87. The van der Waals surface area contributed by atoms with Crippen LogP contribution in [0.3, 0.4) is 0 Å². The predicted octanol–water partition coefficient (Wildman–Crippen LogP) is 1.70. The molecule has 0 bridgehead atoms. The molecular formula is C8H5ClN2O. The summed E-state index contributed by atoms with van der Waals surface area (Å²) in [6.07, 6.45) is 1.54. The molecule has 0 unspecified atom stereocenters. The molecule has 1 amide bonds. The lowest BCUT2D eigenvalue weighted by Crippen LogP contribution is -2.02. The highest BCUT2D eigenvalue weighted by Gasteiger charge is 2.22. The molecule has 0 spiro atoms. The van der Waals surface area contributed by atoms with Gasteiger partial charge in [0.1, 0.15) is 5.15 Å². The van der Waals surface area contributed by atoms with Gasteiger partial charge in [-0.25, -0.2) is 4.98 Å². The Morgan fingerprint density at radius 2 is 2.33 bits per heavy atom. The lowest BCUT2D eigenvalue weighted by molar-refractivity contribution is -0.110. The van der Waals surface area contributed by atoms with Crippen LogP contribution in [0.1, 0.15) is 5.56 Å². The normalized spacial score (nSPS) is 14.4. The molecule has 0 saturated heterocycles. The number of hydrogen-bond donors (Lipinski definition) is 1. The van der Waals surface area contributed by atoms with Gasteiger partial charge in [-0.3, -0.25) is 4.79 Å². The van der Waals surface area contributed by atoms with Crippen LogP contribution >= 0.6 is 11.6 Å². The highest BCUT2D eigenvalue weighted by atomic mass is 35.5. The molecule has 1 aliphatic heterocycles. The Morgan fingerprint density at radius 3 is 3.08 bits per heavy atom. The highest BCUT2D eigenvalue weighted by molar-refractivity contribution is 6.33. The van der Waals surface area contributed by atoms with Crippen molar-refractivity contribution in [1.82, 2.24) is 4.98 Å². The molecule has 2 rings (SSSR count). The van der Waals surface area contributed by atoms with Gasteiger partial charge in [-0.2, -0.15) is 0 Å². The van der Waals surface area contributed by atoms with Gasteiger partial charge in [0, 0.05) is 17.3 Å². The molecule has 1 aliphatic rings. The van der Waals surface area contributed by atoms with E-state index >= 15 is 0 Å². The number of halogens is 1. The zero-order valence-electron chi connectivity index (χ0n) is 6.10. The Hall–Kier alpha value is -1.35. The number of hydrogen-bond acceptors (Lipinski definition) is 2. The molecule has 4 heteroatoms. The highest BCUT2D eigenvalue weighted by Crippen LogP contribution is 2.30. The second-order valence-electron chi connectivity index (χ2n) is 2.49. The zero-order chi connectivity index (χ0) is 8.72. The standard InChI is InChI=1S/C8H5ClN2O/c1-4-5-3-10-7(9)2-6(5)11-8(4)12/h2-3H,1H2,(H,11,12). The summed E-state index contributed by atoms with van der Waals surface area (Å²) in [5.74, 6) is -0.186. The van der Waals surface area contributed by atoms with Crippen molar-refractivity contribution in [2.75, 3.05) is 5.32 Å². The Morgan fingerprint density at radius 1 is 1.58 bits per heavy atom. The van der Waals surface area contributed by atoms with E-state index in [1.807, 2.05) is 0 Å². The first-order valence-corrected chi connectivity index (χ1v) is 3.72. The van der Waals surface area contributed by atoms with Crippen LogP contribution in [0.25, 0.3) is 5.57 Å². The van der Waals surface area contributed by atoms with Gasteiger partial charge < -0.3 is 5.32 Å². The van der Waals surface area contributed by atoms with Crippen LogP contribution in [0, 0.1) is 0 Å². The van der Waals surface area contributed by atoms with E-state index in [2.05, 4.69) is 16.9 Å². The fourth-order valence-electron chi connectivity index (χ4n) is 1.09. The third-order valence-corrected chi connectivity index (χ3v) is 1.92. The van der Waals surface area contributed by atoms with Crippen LogP contribution in [0.5, 0.6) is 0 Å². The summed E-state index contributed by atoms with van der Waals surface area (Å²) in [6.45, 7) is 3.61. The number of nitrogens with one attached hydrogen (secondary N) is 1. The Kier molecular flexibility index (Phi) is 1.41. The molecular weight excluding hydrogens is 176 g/mol. The molecule has 12 heavy (non-hydrogen) atoms. The van der Waals surface area contributed by atoms with Crippen molar-refractivity contribution in [3.63, 3.8) is 0 Å². The van der Waals surface area contributed by atoms with Gasteiger partial charge >= 0.3 is 0 Å². The minimum Gasteiger partial charge on any atom is -0.321 e. The number of amides is 1. The molecule has 2 heterocycles. The summed E-state index contributed by atoms with van der Waals surface area (Å²) in [4.78, 5) is 14.9. The number of rotatable bonds is 0. The molecule has 0 atom stereocenters. The van der Waals surface area contributed by atoms with Crippen molar-refractivity contribution in [2.45, 2.75) is 0 Å². The van der Waals surface area contributed by atoms with Crippen LogP contribution in [0.15, 0.2) is 18.8 Å². The number of pyridine rings is 1. The van der Waals surface area contributed by atoms with Crippen LogP contribution in [0.2, 0.25) is 5.15 Å². The summed E-state index contributed by atoms with van der Waals surface area (Å²) in [5, 5.41) is 2.99. The summed E-state index contributed by atoms with van der Waals surface area (Å²) < 4.78 is 0. The molecule has 1 N–H and O–H groups in total. The largest absolute Gasteiger partial charge is 0.321 e. The van der Waals surface area contributed by atoms with Crippen molar-refractivity contribution < 1.29 is 4.79 Å². The fourth-order valence-corrected chi connectivity index (χ4v) is 1.25. The second kappa shape index (κ2) is 2.32. The first kappa shape index (κ1) is 7.31. The summed E-state index contributed by atoms with van der Waals surface area (Å²) in [6, 6.07) is 1.60. The summed E-state index contributed by atoms with van der Waals surface area (Å²) >= 11 is 5.63.